The minimum atomic E-state index is -4.78. The first kappa shape index (κ1) is 18.2. The Hall–Kier alpha value is -2.14. The number of nitrogens with two attached hydrogens (primary N) is 1. The molecule has 1 fully saturated rings. The standard InChI is InChI=1S/C13H17F3N4O4/c1-20-5-9(10(19-20)11(17)21)18-12(22)8(13(14,15)16)4-7-6-23-2-3-24-7/h5,7-8H,2-4,6H2,1H3,(H2,17,21)(H,18,22). The summed E-state index contributed by atoms with van der Waals surface area (Å²) in [5, 5.41) is 5.77. The molecule has 2 amide bonds. The van der Waals surface area contributed by atoms with Gasteiger partial charge in [-0.25, -0.2) is 0 Å². The van der Waals surface area contributed by atoms with E-state index in [1.807, 2.05) is 0 Å². The molecule has 0 saturated carbocycles. The van der Waals surface area contributed by atoms with E-state index in [2.05, 4.69) is 10.4 Å². The summed E-state index contributed by atoms with van der Waals surface area (Å²) >= 11 is 0. The number of aryl methyl sites for hydroxylation is 1. The number of ether oxygens (including phenoxy) is 2. The highest BCUT2D eigenvalue weighted by atomic mass is 19.4. The number of carbonyl (C=O) groups excluding carboxylic acids is 2. The lowest BCUT2D eigenvalue weighted by atomic mass is 9.99. The second-order valence-corrected chi connectivity index (χ2v) is 5.32. The van der Waals surface area contributed by atoms with Crippen LogP contribution in [-0.2, 0) is 21.3 Å². The van der Waals surface area contributed by atoms with Gasteiger partial charge < -0.3 is 20.5 Å². The number of halogens is 3. The van der Waals surface area contributed by atoms with Crippen LogP contribution in [0.2, 0.25) is 0 Å². The van der Waals surface area contributed by atoms with Crippen molar-refractivity contribution in [2.24, 2.45) is 18.7 Å². The molecule has 2 rings (SSSR count). The lowest BCUT2D eigenvalue weighted by Crippen LogP contribution is -2.41. The van der Waals surface area contributed by atoms with E-state index in [1.165, 1.54) is 13.2 Å². The third-order valence-electron chi connectivity index (χ3n) is 3.42. The van der Waals surface area contributed by atoms with Crippen molar-refractivity contribution in [3.63, 3.8) is 0 Å². The van der Waals surface area contributed by atoms with E-state index in [0.29, 0.717) is 6.61 Å². The topological polar surface area (TPSA) is 108 Å². The molecule has 1 saturated heterocycles. The maximum Gasteiger partial charge on any atom is 0.400 e. The van der Waals surface area contributed by atoms with Crippen LogP contribution in [0.15, 0.2) is 6.20 Å². The summed E-state index contributed by atoms with van der Waals surface area (Å²) in [6.07, 6.45) is -4.99. The van der Waals surface area contributed by atoms with Crippen LogP contribution in [-0.4, -0.2) is 53.7 Å². The predicted molar refractivity (Wildman–Crippen MR) is 75.1 cm³/mol. The van der Waals surface area contributed by atoms with Gasteiger partial charge in [-0.1, -0.05) is 0 Å². The molecule has 0 aromatic carbocycles. The lowest BCUT2D eigenvalue weighted by molar-refractivity contribution is -0.192. The highest BCUT2D eigenvalue weighted by Crippen LogP contribution is 2.32. The van der Waals surface area contributed by atoms with E-state index in [1.54, 1.807) is 0 Å². The van der Waals surface area contributed by atoms with Crippen molar-refractivity contribution in [1.29, 1.82) is 0 Å². The summed E-state index contributed by atoms with van der Waals surface area (Å²) in [6, 6.07) is 0. The van der Waals surface area contributed by atoms with Crippen molar-refractivity contribution in [3.8, 4) is 0 Å². The van der Waals surface area contributed by atoms with Crippen LogP contribution in [0.25, 0.3) is 0 Å². The molecule has 134 valence electrons. The monoisotopic (exact) mass is 350 g/mol. The van der Waals surface area contributed by atoms with Gasteiger partial charge in [0.05, 0.1) is 31.6 Å². The van der Waals surface area contributed by atoms with Crippen molar-refractivity contribution in [1.82, 2.24) is 9.78 Å². The maximum absolute atomic E-state index is 13.2. The highest BCUT2D eigenvalue weighted by Gasteiger charge is 2.46. The van der Waals surface area contributed by atoms with Gasteiger partial charge in [-0.15, -0.1) is 0 Å². The van der Waals surface area contributed by atoms with Crippen molar-refractivity contribution >= 4 is 17.5 Å². The van der Waals surface area contributed by atoms with E-state index in [4.69, 9.17) is 15.2 Å². The van der Waals surface area contributed by atoms with E-state index >= 15 is 0 Å². The molecule has 2 heterocycles. The van der Waals surface area contributed by atoms with Crippen LogP contribution in [0.3, 0.4) is 0 Å². The van der Waals surface area contributed by atoms with E-state index < -0.39 is 36.4 Å². The molecule has 1 aromatic heterocycles. The van der Waals surface area contributed by atoms with E-state index in [-0.39, 0.29) is 24.6 Å². The number of hydrogen-bond acceptors (Lipinski definition) is 5. The number of hydrogen-bond donors (Lipinski definition) is 2. The molecule has 0 aliphatic carbocycles. The number of nitrogens with one attached hydrogen (secondary N) is 1. The van der Waals surface area contributed by atoms with Crippen LogP contribution < -0.4 is 11.1 Å². The molecule has 2 atom stereocenters. The average Bonchev–Trinajstić information content (AvgIpc) is 2.85. The molecule has 0 radical (unpaired) electrons. The van der Waals surface area contributed by atoms with Gasteiger partial charge >= 0.3 is 6.18 Å². The number of carbonyl (C=O) groups is 2. The Morgan fingerprint density at radius 3 is 2.75 bits per heavy atom. The molecule has 2 unspecified atom stereocenters. The molecule has 3 N–H and O–H groups in total. The normalized spacial score (nSPS) is 19.8. The van der Waals surface area contributed by atoms with Crippen LogP contribution >= 0.6 is 0 Å². The minimum Gasteiger partial charge on any atom is -0.376 e. The smallest absolute Gasteiger partial charge is 0.376 e. The summed E-state index contributed by atoms with van der Waals surface area (Å²) in [7, 11) is 1.44. The van der Waals surface area contributed by atoms with Crippen molar-refractivity contribution in [3.05, 3.63) is 11.9 Å². The number of primary amides is 1. The number of nitrogens with zero attached hydrogens (tertiary/aromatic N) is 2. The molecule has 0 bridgehead atoms. The Morgan fingerprint density at radius 2 is 2.21 bits per heavy atom. The molecular weight excluding hydrogens is 333 g/mol. The van der Waals surface area contributed by atoms with Crippen molar-refractivity contribution in [2.75, 3.05) is 25.1 Å². The summed E-state index contributed by atoms with van der Waals surface area (Å²) in [5.41, 5.74) is 4.60. The first-order valence-electron chi connectivity index (χ1n) is 7.09. The number of anilines is 1. The van der Waals surface area contributed by atoms with Crippen LogP contribution in [0, 0.1) is 5.92 Å². The van der Waals surface area contributed by atoms with Gasteiger partial charge in [-0.2, -0.15) is 18.3 Å². The zero-order chi connectivity index (χ0) is 17.9. The van der Waals surface area contributed by atoms with Crippen molar-refractivity contribution in [2.45, 2.75) is 18.7 Å². The Kier molecular flexibility index (Phi) is 5.44. The maximum atomic E-state index is 13.2. The van der Waals surface area contributed by atoms with Gasteiger partial charge in [0, 0.05) is 13.2 Å². The van der Waals surface area contributed by atoms with Crippen molar-refractivity contribution < 1.29 is 32.2 Å². The molecule has 8 nitrogen and oxygen atoms in total. The van der Waals surface area contributed by atoms with E-state index in [9.17, 15) is 22.8 Å². The molecule has 24 heavy (non-hydrogen) atoms. The van der Waals surface area contributed by atoms with Gasteiger partial charge in [0.1, 0.15) is 5.92 Å². The van der Waals surface area contributed by atoms with Crippen LogP contribution in [0.1, 0.15) is 16.9 Å². The summed E-state index contributed by atoms with van der Waals surface area (Å²) in [4.78, 5) is 23.3. The molecule has 0 spiro atoms. The highest BCUT2D eigenvalue weighted by molar-refractivity contribution is 6.02. The lowest BCUT2D eigenvalue weighted by Gasteiger charge is -2.27. The van der Waals surface area contributed by atoms with E-state index in [0.717, 1.165) is 4.68 Å². The molecular formula is C13H17F3N4O4. The predicted octanol–water partition coefficient (Wildman–Crippen LogP) is 0.441. The van der Waals surface area contributed by atoms with Gasteiger partial charge in [0.2, 0.25) is 5.91 Å². The molecule has 11 heteroatoms. The SMILES string of the molecule is Cn1cc(NC(=O)C(CC2COCCO2)C(F)(F)F)c(C(N)=O)n1. The molecule has 1 aliphatic rings. The van der Waals surface area contributed by atoms with Gasteiger partial charge in [-0.05, 0) is 6.42 Å². The average molecular weight is 350 g/mol. The Morgan fingerprint density at radius 1 is 1.50 bits per heavy atom. The number of amides is 2. The first-order valence-corrected chi connectivity index (χ1v) is 7.09. The quantitative estimate of drug-likeness (QED) is 0.801. The van der Waals surface area contributed by atoms with Gasteiger partial charge in [0.25, 0.3) is 5.91 Å². The minimum absolute atomic E-state index is 0.0146. The fraction of sp³-hybridized carbons (Fsp3) is 0.615. The Labute approximate surface area is 135 Å². The van der Waals surface area contributed by atoms with Gasteiger partial charge in [-0.3, -0.25) is 14.3 Å². The Balaban J connectivity index is 2.14. The van der Waals surface area contributed by atoms with Gasteiger partial charge in [0.15, 0.2) is 5.69 Å². The number of rotatable bonds is 5. The third kappa shape index (κ3) is 4.45. The molecule has 1 aromatic rings. The fourth-order valence-corrected chi connectivity index (χ4v) is 2.31. The van der Waals surface area contributed by atoms with Crippen LogP contribution in [0.4, 0.5) is 18.9 Å². The second kappa shape index (κ2) is 7.18. The largest absolute Gasteiger partial charge is 0.400 e. The number of aromatic nitrogens is 2. The summed E-state index contributed by atoms with van der Waals surface area (Å²) < 4.78 is 51.1. The zero-order valence-electron chi connectivity index (χ0n) is 12.8. The summed E-state index contributed by atoms with van der Waals surface area (Å²) in [5.74, 6) is -4.59. The zero-order valence-corrected chi connectivity index (χ0v) is 12.8. The summed E-state index contributed by atoms with van der Waals surface area (Å²) in [6.45, 7) is 0.460. The Bertz CT molecular complexity index is 611. The van der Waals surface area contributed by atoms with Crippen LogP contribution in [0.5, 0.6) is 0 Å². The number of alkyl halides is 3. The fourth-order valence-electron chi connectivity index (χ4n) is 2.31. The third-order valence-corrected chi connectivity index (χ3v) is 3.42. The first-order chi connectivity index (χ1) is 11.2. The second-order valence-electron chi connectivity index (χ2n) is 5.32. The molecule has 1 aliphatic heterocycles.